The second-order valence-electron chi connectivity index (χ2n) is 4.37. The fourth-order valence-electron chi connectivity index (χ4n) is 1.84. The molecule has 1 heterocycles. The van der Waals surface area contributed by atoms with Crippen molar-refractivity contribution in [2.45, 2.75) is 26.1 Å². The van der Waals surface area contributed by atoms with E-state index in [1.165, 1.54) is 6.92 Å². The highest BCUT2D eigenvalue weighted by Crippen LogP contribution is 2.29. The number of oxime groups is 1. The van der Waals surface area contributed by atoms with Crippen molar-refractivity contribution < 1.29 is 27.9 Å². The summed E-state index contributed by atoms with van der Waals surface area (Å²) >= 11 is 0. The molecule has 1 aromatic rings. The molecule has 0 saturated carbocycles. The molecule has 106 valence electrons. The van der Waals surface area contributed by atoms with E-state index in [9.17, 15) is 18.4 Å². The van der Waals surface area contributed by atoms with Crippen LogP contribution in [-0.2, 0) is 19.2 Å². The Kier molecular flexibility index (Phi) is 3.52. The van der Waals surface area contributed by atoms with Gasteiger partial charge in [-0.2, -0.15) is 0 Å². The molecule has 1 atom stereocenters. The van der Waals surface area contributed by atoms with Gasteiger partial charge in [-0.05, 0) is 12.1 Å². The van der Waals surface area contributed by atoms with E-state index in [4.69, 9.17) is 9.57 Å². The standard InChI is InChI=1S/C13H11F2NO4/c1-7(17)13(19-8(2)18)6-12(16-20-13)9-3-10(14)5-11(15)4-9/h3-5H,6H2,1-2H3. The topological polar surface area (TPSA) is 65.0 Å². The van der Waals surface area contributed by atoms with Crippen LogP contribution in [0.1, 0.15) is 25.8 Å². The normalized spacial score (nSPS) is 21.1. The maximum Gasteiger partial charge on any atom is 0.342 e. The zero-order valence-electron chi connectivity index (χ0n) is 10.8. The molecule has 0 bridgehead atoms. The van der Waals surface area contributed by atoms with E-state index in [0.717, 1.165) is 19.1 Å². The van der Waals surface area contributed by atoms with E-state index in [-0.39, 0.29) is 17.7 Å². The zero-order valence-corrected chi connectivity index (χ0v) is 10.8. The second kappa shape index (κ2) is 4.99. The Morgan fingerprint density at radius 1 is 1.25 bits per heavy atom. The third-order valence-electron chi connectivity index (χ3n) is 2.74. The summed E-state index contributed by atoms with van der Waals surface area (Å²) in [7, 11) is 0. The van der Waals surface area contributed by atoms with Gasteiger partial charge in [0.05, 0.1) is 12.1 Å². The molecule has 1 aliphatic rings. The van der Waals surface area contributed by atoms with Crippen LogP contribution in [0.4, 0.5) is 8.78 Å². The van der Waals surface area contributed by atoms with Crippen molar-refractivity contribution in [2.75, 3.05) is 0 Å². The molecule has 2 rings (SSSR count). The molecule has 0 radical (unpaired) electrons. The monoisotopic (exact) mass is 283 g/mol. The Morgan fingerprint density at radius 2 is 1.85 bits per heavy atom. The minimum atomic E-state index is -1.86. The molecule has 5 nitrogen and oxygen atoms in total. The molecule has 0 aromatic heterocycles. The van der Waals surface area contributed by atoms with Gasteiger partial charge in [-0.15, -0.1) is 0 Å². The summed E-state index contributed by atoms with van der Waals surface area (Å²) in [6.45, 7) is 2.29. The average molecular weight is 283 g/mol. The van der Waals surface area contributed by atoms with Crippen LogP contribution in [0.5, 0.6) is 0 Å². The van der Waals surface area contributed by atoms with Gasteiger partial charge in [0.2, 0.25) is 5.78 Å². The predicted octanol–water partition coefficient (Wildman–Crippen LogP) is 1.94. The number of halogens is 2. The molecule has 1 unspecified atom stereocenters. The number of rotatable bonds is 3. The number of Topliss-reactive ketones (excluding diaryl/α,β-unsaturated/α-hetero) is 1. The summed E-state index contributed by atoms with van der Waals surface area (Å²) in [5.74, 6) is -4.71. The van der Waals surface area contributed by atoms with Gasteiger partial charge in [0.1, 0.15) is 11.6 Å². The molecular formula is C13H11F2NO4. The van der Waals surface area contributed by atoms with E-state index in [0.29, 0.717) is 6.07 Å². The molecule has 1 aliphatic heterocycles. The van der Waals surface area contributed by atoms with E-state index in [2.05, 4.69) is 5.16 Å². The van der Waals surface area contributed by atoms with Crippen molar-refractivity contribution in [2.24, 2.45) is 5.16 Å². The number of nitrogens with zero attached hydrogens (tertiary/aromatic N) is 1. The number of ether oxygens (including phenoxy) is 1. The molecule has 0 fully saturated rings. The molecule has 0 saturated heterocycles. The number of carbonyl (C=O) groups excluding carboxylic acids is 2. The Morgan fingerprint density at radius 3 is 2.35 bits per heavy atom. The lowest BCUT2D eigenvalue weighted by atomic mass is 10.0. The first kappa shape index (κ1) is 14.1. The first-order chi connectivity index (χ1) is 9.32. The van der Waals surface area contributed by atoms with Gasteiger partial charge >= 0.3 is 11.8 Å². The van der Waals surface area contributed by atoms with E-state index in [1.54, 1.807) is 0 Å². The largest absolute Gasteiger partial charge is 0.413 e. The summed E-state index contributed by atoms with van der Waals surface area (Å²) in [4.78, 5) is 27.5. The zero-order chi connectivity index (χ0) is 14.9. The van der Waals surface area contributed by atoms with Crippen molar-refractivity contribution in [3.05, 3.63) is 35.4 Å². The first-order valence-corrected chi connectivity index (χ1v) is 5.74. The smallest absolute Gasteiger partial charge is 0.342 e. The molecule has 0 spiro atoms. The number of esters is 1. The second-order valence-corrected chi connectivity index (χ2v) is 4.37. The van der Waals surface area contributed by atoms with E-state index in [1.807, 2.05) is 0 Å². The first-order valence-electron chi connectivity index (χ1n) is 5.74. The Bertz CT molecular complexity index is 594. The van der Waals surface area contributed by atoms with Crippen LogP contribution in [0.25, 0.3) is 0 Å². The molecule has 0 aliphatic carbocycles. The van der Waals surface area contributed by atoms with Gasteiger partial charge in [0, 0.05) is 25.5 Å². The number of carbonyl (C=O) groups is 2. The lowest BCUT2D eigenvalue weighted by molar-refractivity contribution is -0.216. The van der Waals surface area contributed by atoms with Crippen LogP contribution < -0.4 is 0 Å². The van der Waals surface area contributed by atoms with Gasteiger partial charge in [-0.1, -0.05) is 5.16 Å². The highest BCUT2D eigenvalue weighted by Gasteiger charge is 2.47. The summed E-state index contributed by atoms with van der Waals surface area (Å²) in [6.07, 6.45) is -0.204. The SMILES string of the molecule is CC(=O)OC1(C(C)=O)CC(c2cc(F)cc(F)c2)=NO1. The van der Waals surface area contributed by atoms with Crippen molar-refractivity contribution in [3.8, 4) is 0 Å². The predicted molar refractivity (Wildman–Crippen MR) is 63.8 cm³/mol. The fraction of sp³-hybridized carbons (Fsp3) is 0.308. The van der Waals surface area contributed by atoms with Crippen LogP contribution in [0.2, 0.25) is 0 Å². The third-order valence-corrected chi connectivity index (χ3v) is 2.74. The summed E-state index contributed by atoms with van der Waals surface area (Å²) in [5, 5.41) is 3.60. The van der Waals surface area contributed by atoms with Gasteiger partial charge in [0.25, 0.3) is 0 Å². The molecule has 0 N–H and O–H groups in total. The van der Waals surface area contributed by atoms with Crippen LogP contribution in [0.3, 0.4) is 0 Å². The Hall–Kier alpha value is -2.31. The van der Waals surface area contributed by atoms with Crippen LogP contribution >= 0.6 is 0 Å². The molecule has 1 aromatic carbocycles. The fourth-order valence-corrected chi connectivity index (χ4v) is 1.84. The van der Waals surface area contributed by atoms with Crippen LogP contribution in [0.15, 0.2) is 23.4 Å². The van der Waals surface area contributed by atoms with Gasteiger partial charge in [-0.25, -0.2) is 8.78 Å². The third kappa shape index (κ3) is 2.66. The van der Waals surface area contributed by atoms with Crippen molar-refractivity contribution >= 4 is 17.5 Å². The minimum Gasteiger partial charge on any atom is -0.413 e. The van der Waals surface area contributed by atoms with E-state index >= 15 is 0 Å². The van der Waals surface area contributed by atoms with Crippen molar-refractivity contribution in [1.29, 1.82) is 0 Å². The maximum atomic E-state index is 13.2. The van der Waals surface area contributed by atoms with E-state index < -0.39 is 29.2 Å². The summed E-state index contributed by atoms with van der Waals surface area (Å²) in [5.41, 5.74) is 0.248. The lowest BCUT2D eigenvalue weighted by Crippen LogP contribution is -2.41. The molecule has 0 amide bonds. The Balaban J connectivity index is 2.29. The summed E-state index contributed by atoms with van der Waals surface area (Å²) < 4.78 is 31.2. The highest BCUT2D eigenvalue weighted by atomic mass is 19.1. The van der Waals surface area contributed by atoms with Gasteiger partial charge in [0.15, 0.2) is 0 Å². The Labute approximate surface area is 113 Å². The number of hydrogen-bond donors (Lipinski definition) is 0. The quantitative estimate of drug-likeness (QED) is 0.795. The lowest BCUT2D eigenvalue weighted by Gasteiger charge is -2.22. The summed E-state index contributed by atoms with van der Waals surface area (Å²) in [6, 6.07) is 2.81. The van der Waals surface area contributed by atoms with Crippen molar-refractivity contribution in [3.63, 3.8) is 0 Å². The molecule has 7 heteroatoms. The van der Waals surface area contributed by atoms with Crippen LogP contribution in [0, 0.1) is 11.6 Å². The molecular weight excluding hydrogens is 272 g/mol. The van der Waals surface area contributed by atoms with Gasteiger partial charge in [-0.3, -0.25) is 9.59 Å². The highest BCUT2D eigenvalue weighted by molar-refractivity contribution is 6.05. The minimum absolute atomic E-state index is 0.123. The van der Waals surface area contributed by atoms with Crippen LogP contribution in [-0.4, -0.2) is 23.3 Å². The van der Waals surface area contributed by atoms with Crippen molar-refractivity contribution in [1.82, 2.24) is 0 Å². The van der Waals surface area contributed by atoms with Gasteiger partial charge < -0.3 is 9.57 Å². The number of benzene rings is 1. The maximum absolute atomic E-state index is 13.2. The average Bonchev–Trinajstić information content (AvgIpc) is 2.72. The number of ketones is 1. The molecule has 20 heavy (non-hydrogen) atoms. The number of hydrogen-bond acceptors (Lipinski definition) is 5.